The zero-order chi connectivity index (χ0) is 12.4. The Balaban J connectivity index is 4.02. The molecule has 2 heteroatoms. The fourth-order valence-electron chi connectivity index (χ4n) is 2.18. The highest BCUT2D eigenvalue weighted by Gasteiger charge is 2.23. The lowest BCUT2D eigenvalue weighted by Gasteiger charge is -2.30. The summed E-state index contributed by atoms with van der Waals surface area (Å²) < 4.78 is 0. The standard InChI is InChI=1S/C14H29NO/c1-5-7-9-10-12-14(4,11-8-6-2)15-13(3)16/h5-12H2,1-4H3,(H,15,16). The van der Waals surface area contributed by atoms with Crippen molar-refractivity contribution >= 4 is 5.91 Å². The van der Waals surface area contributed by atoms with Gasteiger partial charge in [-0.2, -0.15) is 0 Å². The molecule has 1 amide bonds. The van der Waals surface area contributed by atoms with Crippen LogP contribution < -0.4 is 5.32 Å². The van der Waals surface area contributed by atoms with Gasteiger partial charge in [-0.1, -0.05) is 52.4 Å². The van der Waals surface area contributed by atoms with E-state index in [1.54, 1.807) is 6.92 Å². The quantitative estimate of drug-likeness (QED) is 0.592. The molecule has 0 aromatic heterocycles. The van der Waals surface area contributed by atoms with E-state index >= 15 is 0 Å². The van der Waals surface area contributed by atoms with Gasteiger partial charge in [0.15, 0.2) is 0 Å². The van der Waals surface area contributed by atoms with Gasteiger partial charge in [-0.15, -0.1) is 0 Å². The Morgan fingerprint density at radius 1 is 1.00 bits per heavy atom. The van der Waals surface area contributed by atoms with Crippen LogP contribution in [0.1, 0.15) is 79.1 Å². The Morgan fingerprint density at radius 2 is 1.56 bits per heavy atom. The van der Waals surface area contributed by atoms with Gasteiger partial charge in [-0.25, -0.2) is 0 Å². The van der Waals surface area contributed by atoms with Crippen molar-refractivity contribution in [3.8, 4) is 0 Å². The summed E-state index contributed by atoms with van der Waals surface area (Å²) in [4.78, 5) is 11.2. The van der Waals surface area contributed by atoms with E-state index in [0.717, 1.165) is 12.8 Å². The maximum Gasteiger partial charge on any atom is 0.217 e. The van der Waals surface area contributed by atoms with Crippen LogP contribution in [-0.4, -0.2) is 11.4 Å². The lowest BCUT2D eigenvalue weighted by molar-refractivity contribution is -0.120. The van der Waals surface area contributed by atoms with Gasteiger partial charge < -0.3 is 5.32 Å². The molecule has 0 aromatic carbocycles. The molecule has 1 unspecified atom stereocenters. The van der Waals surface area contributed by atoms with Crippen LogP contribution in [0.3, 0.4) is 0 Å². The van der Waals surface area contributed by atoms with E-state index in [9.17, 15) is 4.79 Å². The van der Waals surface area contributed by atoms with Crippen molar-refractivity contribution < 1.29 is 4.79 Å². The van der Waals surface area contributed by atoms with Crippen LogP contribution in [0.25, 0.3) is 0 Å². The smallest absolute Gasteiger partial charge is 0.217 e. The Labute approximate surface area is 101 Å². The monoisotopic (exact) mass is 227 g/mol. The van der Waals surface area contributed by atoms with Gasteiger partial charge in [0, 0.05) is 12.5 Å². The first-order valence-electron chi connectivity index (χ1n) is 6.83. The molecule has 0 fully saturated rings. The van der Waals surface area contributed by atoms with Crippen LogP contribution in [0.15, 0.2) is 0 Å². The molecule has 0 radical (unpaired) electrons. The van der Waals surface area contributed by atoms with Crippen LogP contribution in [0, 0.1) is 0 Å². The summed E-state index contributed by atoms with van der Waals surface area (Å²) in [6.07, 6.45) is 9.72. The molecule has 0 aliphatic carbocycles. The molecule has 0 spiro atoms. The Hall–Kier alpha value is -0.530. The van der Waals surface area contributed by atoms with E-state index in [-0.39, 0.29) is 11.4 Å². The second-order valence-electron chi connectivity index (χ2n) is 5.16. The van der Waals surface area contributed by atoms with E-state index in [1.807, 2.05) is 0 Å². The van der Waals surface area contributed by atoms with Crippen molar-refractivity contribution in [2.45, 2.75) is 84.6 Å². The largest absolute Gasteiger partial charge is 0.351 e. The van der Waals surface area contributed by atoms with E-state index in [1.165, 1.54) is 38.5 Å². The average Bonchev–Trinajstić information content (AvgIpc) is 2.21. The first kappa shape index (κ1) is 15.5. The van der Waals surface area contributed by atoms with Crippen LogP contribution in [0.5, 0.6) is 0 Å². The summed E-state index contributed by atoms with van der Waals surface area (Å²) in [6.45, 7) is 8.24. The molecule has 0 saturated carbocycles. The van der Waals surface area contributed by atoms with Crippen LogP contribution in [0.4, 0.5) is 0 Å². The Kier molecular flexibility index (Phi) is 8.32. The Morgan fingerprint density at radius 3 is 2.06 bits per heavy atom. The van der Waals surface area contributed by atoms with Gasteiger partial charge in [0.2, 0.25) is 5.91 Å². The van der Waals surface area contributed by atoms with Gasteiger partial charge in [0.1, 0.15) is 0 Å². The van der Waals surface area contributed by atoms with Crippen molar-refractivity contribution in [1.29, 1.82) is 0 Å². The SMILES string of the molecule is CCCCCCC(C)(CCCC)NC(C)=O. The van der Waals surface area contributed by atoms with E-state index in [4.69, 9.17) is 0 Å². The van der Waals surface area contributed by atoms with Gasteiger partial charge in [-0.05, 0) is 19.8 Å². The molecule has 0 aromatic rings. The van der Waals surface area contributed by atoms with Gasteiger partial charge in [0.05, 0.1) is 0 Å². The highest BCUT2D eigenvalue weighted by molar-refractivity contribution is 5.73. The summed E-state index contributed by atoms with van der Waals surface area (Å²) in [5, 5.41) is 3.13. The van der Waals surface area contributed by atoms with Gasteiger partial charge in [-0.3, -0.25) is 4.79 Å². The molecule has 2 nitrogen and oxygen atoms in total. The lowest BCUT2D eigenvalue weighted by Crippen LogP contribution is -2.44. The van der Waals surface area contributed by atoms with Gasteiger partial charge in [0.25, 0.3) is 0 Å². The van der Waals surface area contributed by atoms with Crippen molar-refractivity contribution in [3.63, 3.8) is 0 Å². The first-order valence-corrected chi connectivity index (χ1v) is 6.83. The number of carbonyl (C=O) groups excluding carboxylic acids is 1. The summed E-state index contributed by atoms with van der Waals surface area (Å²) in [7, 11) is 0. The van der Waals surface area contributed by atoms with Crippen molar-refractivity contribution in [2.24, 2.45) is 0 Å². The topological polar surface area (TPSA) is 29.1 Å². The molecule has 96 valence electrons. The molecular weight excluding hydrogens is 198 g/mol. The third kappa shape index (κ3) is 7.72. The highest BCUT2D eigenvalue weighted by atomic mass is 16.1. The minimum Gasteiger partial charge on any atom is -0.351 e. The lowest BCUT2D eigenvalue weighted by atomic mass is 9.88. The highest BCUT2D eigenvalue weighted by Crippen LogP contribution is 2.21. The third-order valence-electron chi connectivity index (χ3n) is 3.14. The second kappa shape index (κ2) is 8.60. The summed E-state index contributed by atoms with van der Waals surface area (Å²) in [5.41, 5.74) is 0.0234. The fourth-order valence-corrected chi connectivity index (χ4v) is 2.18. The normalized spacial score (nSPS) is 14.5. The van der Waals surface area contributed by atoms with Gasteiger partial charge >= 0.3 is 0 Å². The minimum absolute atomic E-state index is 0.0234. The summed E-state index contributed by atoms with van der Waals surface area (Å²) in [5.74, 6) is 0.106. The molecule has 1 N–H and O–H groups in total. The molecule has 16 heavy (non-hydrogen) atoms. The van der Waals surface area contributed by atoms with Crippen molar-refractivity contribution in [1.82, 2.24) is 5.32 Å². The van der Waals surface area contributed by atoms with Crippen LogP contribution >= 0.6 is 0 Å². The molecule has 0 aliphatic rings. The predicted octanol–water partition coefficient (Wildman–Crippen LogP) is 4.04. The second-order valence-corrected chi connectivity index (χ2v) is 5.16. The summed E-state index contributed by atoms with van der Waals surface area (Å²) in [6, 6.07) is 0. The molecule has 0 bridgehead atoms. The fraction of sp³-hybridized carbons (Fsp3) is 0.929. The Bertz CT molecular complexity index is 191. The first-order chi connectivity index (χ1) is 7.54. The number of amides is 1. The number of hydrogen-bond acceptors (Lipinski definition) is 1. The van der Waals surface area contributed by atoms with Crippen molar-refractivity contribution in [2.75, 3.05) is 0 Å². The molecule has 0 rings (SSSR count). The zero-order valence-electron chi connectivity index (χ0n) is 11.6. The maximum atomic E-state index is 11.2. The average molecular weight is 227 g/mol. The molecule has 0 saturated heterocycles. The minimum atomic E-state index is 0.0234. The number of nitrogens with one attached hydrogen (secondary N) is 1. The van der Waals surface area contributed by atoms with Crippen LogP contribution in [0.2, 0.25) is 0 Å². The van der Waals surface area contributed by atoms with E-state index < -0.39 is 0 Å². The van der Waals surface area contributed by atoms with Crippen LogP contribution in [-0.2, 0) is 4.79 Å². The van der Waals surface area contributed by atoms with E-state index in [0.29, 0.717) is 0 Å². The number of hydrogen-bond donors (Lipinski definition) is 1. The van der Waals surface area contributed by atoms with E-state index in [2.05, 4.69) is 26.1 Å². The molecule has 0 heterocycles. The molecular formula is C14H29NO. The predicted molar refractivity (Wildman–Crippen MR) is 70.5 cm³/mol. The third-order valence-corrected chi connectivity index (χ3v) is 3.14. The van der Waals surface area contributed by atoms with Crippen molar-refractivity contribution in [3.05, 3.63) is 0 Å². The number of carbonyl (C=O) groups is 1. The zero-order valence-corrected chi connectivity index (χ0v) is 11.6. The summed E-state index contributed by atoms with van der Waals surface area (Å²) >= 11 is 0. The molecule has 0 aliphatic heterocycles. The maximum absolute atomic E-state index is 11.2. The molecule has 1 atom stereocenters. The number of unbranched alkanes of at least 4 members (excludes halogenated alkanes) is 4. The number of rotatable bonds is 9.